The number of halogens is 3. The lowest BCUT2D eigenvalue weighted by Crippen LogP contribution is -2.37. The fourth-order valence-electron chi connectivity index (χ4n) is 1.99. The number of alkyl halides is 3. The van der Waals surface area contributed by atoms with Crippen molar-refractivity contribution in [3.8, 4) is 0 Å². The van der Waals surface area contributed by atoms with Crippen molar-refractivity contribution in [2.24, 2.45) is 0 Å². The minimum absolute atomic E-state index is 0.0532. The van der Waals surface area contributed by atoms with Crippen molar-refractivity contribution < 1.29 is 18.0 Å². The molecule has 1 aromatic rings. The van der Waals surface area contributed by atoms with Gasteiger partial charge in [-0.15, -0.1) is 0 Å². The van der Waals surface area contributed by atoms with E-state index < -0.39 is 12.1 Å². The van der Waals surface area contributed by atoms with E-state index in [1.54, 1.807) is 6.07 Å². The summed E-state index contributed by atoms with van der Waals surface area (Å²) in [6, 6.07) is 5.57. The van der Waals surface area contributed by atoms with E-state index in [1.165, 1.54) is 0 Å². The summed E-state index contributed by atoms with van der Waals surface area (Å²) >= 11 is 0. The predicted octanol–water partition coefficient (Wildman–Crippen LogP) is 2.65. The summed E-state index contributed by atoms with van der Waals surface area (Å²) in [5.74, 6) is -1.76. The minimum Gasteiger partial charge on any atom is -0.326 e. The number of fused-ring (bicyclic) bond motifs is 1. The lowest BCUT2D eigenvalue weighted by molar-refractivity contribution is -0.186. The predicted molar refractivity (Wildman–Crippen MR) is 56.1 cm³/mol. The molecule has 0 saturated heterocycles. The van der Waals surface area contributed by atoms with E-state index in [0.717, 1.165) is 28.0 Å². The van der Waals surface area contributed by atoms with Gasteiger partial charge in [0.1, 0.15) is 0 Å². The fourth-order valence-corrected chi connectivity index (χ4v) is 1.99. The first kappa shape index (κ1) is 12.0. The molecule has 1 amide bonds. The Kier molecular flexibility index (Phi) is 2.85. The van der Waals surface area contributed by atoms with Crippen LogP contribution in [0.3, 0.4) is 0 Å². The summed E-state index contributed by atoms with van der Waals surface area (Å²) in [6.45, 7) is 2.09. The van der Waals surface area contributed by atoms with Crippen LogP contribution in [0.25, 0.3) is 0 Å². The molecule has 0 radical (unpaired) electrons. The van der Waals surface area contributed by atoms with E-state index in [9.17, 15) is 18.0 Å². The van der Waals surface area contributed by atoms with Gasteiger partial charge in [-0.1, -0.05) is 25.1 Å². The van der Waals surface area contributed by atoms with Gasteiger partial charge in [-0.05, 0) is 23.1 Å². The maximum absolute atomic E-state index is 12.3. The van der Waals surface area contributed by atoms with Gasteiger partial charge in [0.2, 0.25) is 0 Å². The van der Waals surface area contributed by atoms with E-state index in [1.807, 2.05) is 19.1 Å². The van der Waals surface area contributed by atoms with Gasteiger partial charge in [0.25, 0.3) is 0 Å². The zero-order chi connectivity index (χ0) is 12.6. The van der Waals surface area contributed by atoms with E-state index >= 15 is 0 Å². The third kappa shape index (κ3) is 2.28. The number of hydrogen-bond donors (Lipinski definition) is 0. The molecule has 1 aliphatic heterocycles. The number of rotatable bonds is 1. The number of carbonyl (C=O) groups excluding carboxylic acids is 1. The van der Waals surface area contributed by atoms with Gasteiger partial charge in [-0.2, -0.15) is 13.2 Å². The molecule has 2 nitrogen and oxygen atoms in total. The maximum Gasteiger partial charge on any atom is 0.471 e. The van der Waals surface area contributed by atoms with Crippen LogP contribution in [0.1, 0.15) is 23.6 Å². The second-order valence-electron chi connectivity index (χ2n) is 4.12. The smallest absolute Gasteiger partial charge is 0.326 e. The summed E-state index contributed by atoms with van der Waals surface area (Å²) < 4.78 is 36.8. The van der Waals surface area contributed by atoms with Crippen LogP contribution in [0.2, 0.25) is 0 Å². The molecule has 17 heavy (non-hydrogen) atoms. The second-order valence-corrected chi connectivity index (χ2v) is 4.12. The molecule has 0 saturated carbocycles. The number of amides is 1. The van der Waals surface area contributed by atoms with Crippen molar-refractivity contribution in [2.45, 2.75) is 32.6 Å². The average Bonchev–Trinajstić information content (AvgIpc) is 2.68. The first-order chi connectivity index (χ1) is 7.91. The molecule has 1 aliphatic rings. The van der Waals surface area contributed by atoms with Crippen molar-refractivity contribution in [3.63, 3.8) is 0 Å². The summed E-state index contributed by atoms with van der Waals surface area (Å²) in [5.41, 5.74) is 2.70. The maximum atomic E-state index is 12.3. The third-order valence-corrected chi connectivity index (χ3v) is 2.93. The standard InChI is InChI=1S/C12H12F3NO/c1-2-8-3-4-9-6-16(7-10(9)5-8)11(17)12(13,14)15/h3-5H,2,6-7H2,1H3. The highest BCUT2D eigenvalue weighted by Crippen LogP contribution is 2.28. The molecular formula is C12H12F3NO. The van der Waals surface area contributed by atoms with Gasteiger partial charge < -0.3 is 4.90 Å². The Balaban J connectivity index is 2.19. The number of hydrogen-bond acceptors (Lipinski definition) is 1. The Hall–Kier alpha value is -1.52. The molecule has 2 rings (SSSR count). The minimum atomic E-state index is -4.78. The van der Waals surface area contributed by atoms with Gasteiger partial charge in [0.05, 0.1) is 0 Å². The Morgan fingerprint density at radius 2 is 1.94 bits per heavy atom. The summed E-state index contributed by atoms with van der Waals surface area (Å²) in [6.07, 6.45) is -3.95. The molecule has 0 N–H and O–H groups in total. The van der Waals surface area contributed by atoms with Crippen LogP contribution in [-0.2, 0) is 24.3 Å². The lowest BCUT2D eigenvalue weighted by atomic mass is 10.1. The highest BCUT2D eigenvalue weighted by Gasteiger charge is 2.43. The normalized spacial score (nSPS) is 14.9. The van der Waals surface area contributed by atoms with Gasteiger partial charge in [-0.25, -0.2) is 0 Å². The topological polar surface area (TPSA) is 20.3 Å². The van der Waals surface area contributed by atoms with Gasteiger partial charge in [0, 0.05) is 13.1 Å². The van der Waals surface area contributed by atoms with E-state index in [4.69, 9.17) is 0 Å². The largest absolute Gasteiger partial charge is 0.471 e. The molecule has 0 atom stereocenters. The lowest BCUT2D eigenvalue weighted by Gasteiger charge is -2.16. The zero-order valence-corrected chi connectivity index (χ0v) is 9.34. The Morgan fingerprint density at radius 1 is 1.29 bits per heavy atom. The van der Waals surface area contributed by atoms with Crippen LogP contribution in [0.15, 0.2) is 18.2 Å². The van der Waals surface area contributed by atoms with Crippen molar-refractivity contribution >= 4 is 5.91 Å². The second kappa shape index (κ2) is 4.05. The highest BCUT2D eigenvalue weighted by molar-refractivity contribution is 5.82. The Bertz CT molecular complexity index is 454. The van der Waals surface area contributed by atoms with Gasteiger partial charge >= 0.3 is 12.1 Å². The molecule has 92 valence electrons. The molecule has 1 heterocycles. The number of nitrogens with zero attached hydrogens (tertiary/aromatic N) is 1. The summed E-state index contributed by atoms with van der Waals surface area (Å²) in [4.78, 5) is 11.9. The summed E-state index contributed by atoms with van der Waals surface area (Å²) in [7, 11) is 0. The molecule has 0 spiro atoms. The van der Waals surface area contributed by atoms with Crippen LogP contribution in [0.4, 0.5) is 13.2 Å². The van der Waals surface area contributed by atoms with Crippen LogP contribution < -0.4 is 0 Å². The van der Waals surface area contributed by atoms with Gasteiger partial charge in [0.15, 0.2) is 0 Å². The SMILES string of the molecule is CCc1ccc2c(c1)CN(C(=O)C(F)(F)F)C2. The number of carbonyl (C=O) groups is 1. The van der Waals surface area contributed by atoms with Crippen LogP contribution in [0.5, 0.6) is 0 Å². The third-order valence-electron chi connectivity index (χ3n) is 2.93. The van der Waals surface area contributed by atoms with Crippen molar-refractivity contribution in [3.05, 3.63) is 34.9 Å². The van der Waals surface area contributed by atoms with Crippen molar-refractivity contribution in [1.82, 2.24) is 4.90 Å². The molecule has 0 unspecified atom stereocenters. The molecule has 0 aliphatic carbocycles. The molecular weight excluding hydrogens is 231 g/mol. The van der Waals surface area contributed by atoms with Crippen molar-refractivity contribution in [2.75, 3.05) is 0 Å². The summed E-state index contributed by atoms with van der Waals surface area (Å²) in [5, 5.41) is 0. The first-order valence-electron chi connectivity index (χ1n) is 5.38. The molecule has 0 aromatic heterocycles. The van der Waals surface area contributed by atoms with Crippen LogP contribution in [-0.4, -0.2) is 17.0 Å². The molecule has 0 fully saturated rings. The fraction of sp³-hybridized carbons (Fsp3) is 0.417. The molecule has 1 aromatic carbocycles. The monoisotopic (exact) mass is 243 g/mol. The number of benzene rings is 1. The average molecular weight is 243 g/mol. The van der Waals surface area contributed by atoms with Crippen LogP contribution in [0, 0.1) is 0 Å². The Labute approximate surface area is 97.0 Å². The van der Waals surface area contributed by atoms with E-state index in [0.29, 0.717) is 0 Å². The zero-order valence-electron chi connectivity index (χ0n) is 9.34. The quantitative estimate of drug-likeness (QED) is 0.742. The van der Waals surface area contributed by atoms with E-state index in [2.05, 4.69) is 0 Å². The molecule has 0 bridgehead atoms. The van der Waals surface area contributed by atoms with Crippen LogP contribution >= 0.6 is 0 Å². The van der Waals surface area contributed by atoms with Gasteiger partial charge in [-0.3, -0.25) is 4.79 Å². The first-order valence-corrected chi connectivity index (χ1v) is 5.38. The Morgan fingerprint density at radius 3 is 2.53 bits per heavy atom. The van der Waals surface area contributed by atoms with Crippen molar-refractivity contribution in [1.29, 1.82) is 0 Å². The number of aryl methyl sites for hydroxylation is 1. The van der Waals surface area contributed by atoms with E-state index in [-0.39, 0.29) is 13.1 Å². The highest BCUT2D eigenvalue weighted by atomic mass is 19.4. The molecule has 5 heteroatoms.